The third-order valence-corrected chi connectivity index (χ3v) is 3.72. The molecule has 2 aromatic carbocycles. The maximum absolute atomic E-state index is 12.1. The van der Waals surface area contributed by atoms with Crippen molar-refractivity contribution >= 4 is 17.9 Å². The Kier molecular flexibility index (Phi) is 5.80. The van der Waals surface area contributed by atoms with Gasteiger partial charge >= 0.3 is 0 Å². The molecule has 0 aliphatic heterocycles. The molecule has 2 rings (SSSR count). The molecule has 0 atom stereocenters. The number of carbonyl (C=O) groups excluding carboxylic acids is 2. The van der Waals surface area contributed by atoms with E-state index in [1.54, 1.807) is 12.1 Å². The van der Waals surface area contributed by atoms with Crippen molar-refractivity contribution in [3.63, 3.8) is 0 Å². The van der Waals surface area contributed by atoms with Crippen molar-refractivity contribution in [1.82, 2.24) is 0 Å². The number of carbonyl (C=O) groups is 2. The number of hydrogen-bond donors (Lipinski definition) is 1. The average Bonchev–Trinajstić information content (AvgIpc) is 2.59. The van der Waals surface area contributed by atoms with Gasteiger partial charge in [-0.2, -0.15) is 0 Å². The van der Waals surface area contributed by atoms with Crippen molar-refractivity contribution < 1.29 is 19.1 Å². The van der Waals surface area contributed by atoms with Crippen molar-refractivity contribution in [2.24, 2.45) is 0 Å². The quantitative estimate of drug-likeness (QED) is 0.811. The van der Waals surface area contributed by atoms with Crippen molar-refractivity contribution in [2.75, 3.05) is 19.0 Å². The summed E-state index contributed by atoms with van der Waals surface area (Å²) in [7, 11) is 1.50. The van der Waals surface area contributed by atoms with Gasteiger partial charge in [-0.15, -0.1) is 0 Å². The van der Waals surface area contributed by atoms with Crippen LogP contribution in [0.3, 0.4) is 0 Å². The summed E-state index contributed by atoms with van der Waals surface area (Å²) in [5, 5.41) is 2.78. The zero-order valence-corrected chi connectivity index (χ0v) is 15.0. The van der Waals surface area contributed by atoms with Gasteiger partial charge < -0.3 is 14.8 Å². The van der Waals surface area contributed by atoms with E-state index in [0.29, 0.717) is 29.0 Å². The second-order valence-electron chi connectivity index (χ2n) is 6.69. The minimum absolute atomic E-state index is 0.0613. The number of rotatable bonds is 6. The van der Waals surface area contributed by atoms with Crippen LogP contribution in [0, 0.1) is 0 Å². The maximum atomic E-state index is 12.1. The van der Waals surface area contributed by atoms with Crippen molar-refractivity contribution in [2.45, 2.75) is 26.2 Å². The van der Waals surface area contributed by atoms with Gasteiger partial charge in [-0.1, -0.05) is 32.9 Å². The number of nitrogens with one attached hydrogen (secondary N) is 1. The van der Waals surface area contributed by atoms with Gasteiger partial charge in [0.1, 0.15) is 6.29 Å². The average molecular weight is 341 g/mol. The summed E-state index contributed by atoms with van der Waals surface area (Å²) < 4.78 is 10.7. The third-order valence-electron chi connectivity index (χ3n) is 3.72. The van der Waals surface area contributed by atoms with Gasteiger partial charge in [0.05, 0.1) is 7.11 Å². The summed E-state index contributed by atoms with van der Waals surface area (Å²) in [6, 6.07) is 12.5. The number of methoxy groups -OCH3 is 1. The molecule has 0 aliphatic rings. The first-order valence-corrected chi connectivity index (χ1v) is 8.00. The monoisotopic (exact) mass is 341 g/mol. The lowest BCUT2D eigenvalue weighted by Crippen LogP contribution is -2.20. The van der Waals surface area contributed by atoms with Gasteiger partial charge in [0, 0.05) is 11.3 Å². The van der Waals surface area contributed by atoms with Gasteiger partial charge in [-0.3, -0.25) is 9.59 Å². The van der Waals surface area contributed by atoms with Crippen molar-refractivity contribution in [1.29, 1.82) is 0 Å². The van der Waals surface area contributed by atoms with E-state index >= 15 is 0 Å². The predicted octanol–water partition coefficient (Wildman–Crippen LogP) is 3.82. The first-order chi connectivity index (χ1) is 11.8. The smallest absolute Gasteiger partial charge is 0.262 e. The molecule has 0 fully saturated rings. The summed E-state index contributed by atoms with van der Waals surface area (Å²) in [4.78, 5) is 22.9. The number of amides is 1. The molecule has 132 valence electrons. The standard InChI is InChI=1S/C20H23NO4/c1-20(2,3)15-6-8-16(9-7-15)21-19(23)13-25-18-11-14(12-22)5-10-17(18)24-4/h5-12H,13H2,1-4H3,(H,21,23). The Labute approximate surface area is 148 Å². The molecule has 5 nitrogen and oxygen atoms in total. The lowest BCUT2D eigenvalue weighted by molar-refractivity contribution is -0.118. The van der Waals surface area contributed by atoms with Crippen LogP contribution in [0.5, 0.6) is 11.5 Å². The molecule has 0 aromatic heterocycles. The largest absolute Gasteiger partial charge is 0.493 e. The van der Waals surface area contributed by atoms with Crippen LogP contribution >= 0.6 is 0 Å². The number of ether oxygens (including phenoxy) is 2. The van der Waals surface area contributed by atoms with Gasteiger partial charge in [0.2, 0.25) is 0 Å². The third kappa shape index (κ3) is 5.08. The number of benzene rings is 2. The van der Waals surface area contributed by atoms with Crippen LogP contribution in [0.2, 0.25) is 0 Å². The molecule has 5 heteroatoms. The normalized spacial score (nSPS) is 10.9. The highest BCUT2D eigenvalue weighted by molar-refractivity contribution is 5.92. The lowest BCUT2D eigenvalue weighted by Gasteiger charge is -2.19. The highest BCUT2D eigenvalue weighted by atomic mass is 16.5. The zero-order valence-electron chi connectivity index (χ0n) is 15.0. The fraction of sp³-hybridized carbons (Fsp3) is 0.300. The fourth-order valence-electron chi connectivity index (χ4n) is 2.27. The SMILES string of the molecule is COc1ccc(C=O)cc1OCC(=O)Nc1ccc(C(C)(C)C)cc1. The van der Waals surface area contributed by atoms with Gasteiger partial charge in [0.25, 0.3) is 5.91 Å². The van der Waals surface area contributed by atoms with Crippen LogP contribution in [-0.4, -0.2) is 25.9 Å². The highest BCUT2D eigenvalue weighted by Crippen LogP contribution is 2.27. The van der Waals surface area contributed by atoms with Crippen LogP contribution in [0.15, 0.2) is 42.5 Å². The van der Waals surface area contributed by atoms with E-state index in [2.05, 4.69) is 26.1 Å². The molecular formula is C20H23NO4. The van der Waals surface area contributed by atoms with Crippen molar-refractivity contribution in [3.05, 3.63) is 53.6 Å². The second kappa shape index (κ2) is 7.83. The Morgan fingerprint density at radius 2 is 1.76 bits per heavy atom. The molecular weight excluding hydrogens is 318 g/mol. The van der Waals surface area contributed by atoms with Crippen LogP contribution in [0.4, 0.5) is 5.69 Å². The molecule has 0 spiro atoms. The topological polar surface area (TPSA) is 64.6 Å². The molecule has 0 bridgehead atoms. The van der Waals surface area contributed by atoms with Crippen molar-refractivity contribution in [3.8, 4) is 11.5 Å². The second-order valence-corrected chi connectivity index (χ2v) is 6.69. The number of anilines is 1. The van der Waals surface area contributed by atoms with E-state index in [0.717, 1.165) is 0 Å². The molecule has 0 saturated heterocycles. The Bertz CT molecular complexity index is 745. The van der Waals surface area contributed by atoms with Crippen LogP contribution < -0.4 is 14.8 Å². The van der Waals surface area contributed by atoms with Crippen LogP contribution in [0.25, 0.3) is 0 Å². The van der Waals surface area contributed by atoms with Gasteiger partial charge in [0.15, 0.2) is 18.1 Å². The first kappa shape index (κ1) is 18.5. The zero-order chi connectivity index (χ0) is 18.4. The molecule has 0 aliphatic carbocycles. The van der Waals surface area contributed by atoms with E-state index in [1.165, 1.54) is 18.7 Å². The van der Waals surface area contributed by atoms with E-state index in [4.69, 9.17) is 9.47 Å². The van der Waals surface area contributed by atoms with E-state index < -0.39 is 0 Å². The number of hydrogen-bond acceptors (Lipinski definition) is 4. The number of aldehydes is 1. The molecule has 25 heavy (non-hydrogen) atoms. The van der Waals surface area contributed by atoms with Crippen LogP contribution in [0.1, 0.15) is 36.7 Å². The van der Waals surface area contributed by atoms with Gasteiger partial charge in [-0.25, -0.2) is 0 Å². The van der Waals surface area contributed by atoms with Gasteiger partial charge in [-0.05, 0) is 41.3 Å². The summed E-state index contributed by atoms with van der Waals surface area (Å²) in [6.45, 7) is 6.22. The maximum Gasteiger partial charge on any atom is 0.262 e. The Balaban J connectivity index is 1.98. The fourth-order valence-corrected chi connectivity index (χ4v) is 2.27. The molecule has 0 saturated carbocycles. The molecule has 1 N–H and O–H groups in total. The van der Waals surface area contributed by atoms with Crippen LogP contribution in [-0.2, 0) is 10.2 Å². The summed E-state index contributed by atoms with van der Waals surface area (Å²) >= 11 is 0. The minimum atomic E-state index is -0.290. The minimum Gasteiger partial charge on any atom is -0.493 e. The molecule has 0 unspecified atom stereocenters. The Morgan fingerprint density at radius 1 is 1.08 bits per heavy atom. The molecule has 0 heterocycles. The molecule has 0 radical (unpaired) electrons. The van der Waals surface area contributed by atoms with E-state index in [-0.39, 0.29) is 17.9 Å². The summed E-state index contributed by atoms with van der Waals surface area (Å²) in [5.74, 6) is 0.528. The summed E-state index contributed by atoms with van der Waals surface area (Å²) in [5.41, 5.74) is 2.41. The molecule has 2 aromatic rings. The Morgan fingerprint density at radius 3 is 2.32 bits per heavy atom. The first-order valence-electron chi connectivity index (χ1n) is 8.00. The Hall–Kier alpha value is -2.82. The molecule has 1 amide bonds. The highest BCUT2D eigenvalue weighted by Gasteiger charge is 2.13. The lowest BCUT2D eigenvalue weighted by atomic mass is 9.87. The van der Waals surface area contributed by atoms with E-state index in [1.807, 2.05) is 24.3 Å². The predicted molar refractivity (Wildman–Crippen MR) is 97.6 cm³/mol. The van der Waals surface area contributed by atoms with E-state index in [9.17, 15) is 9.59 Å². The summed E-state index contributed by atoms with van der Waals surface area (Å²) in [6.07, 6.45) is 0.711.